The summed E-state index contributed by atoms with van der Waals surface area (Å²) in [6, 6.07) is 13.5. The van der Waals surface area contributed by atoms with Crippen molar-refractivity contribution in [3.05, 3.63) is 65.3 Å². The molecule has 0 radical (unpaired) electrons. The Morgan fingerprint density at radius 3 is 2.69 bits per heavy atom. The maximum atomic E-state index is 12.4. The van der Waals surface area contributed by atoms with E-state index < -0.39 is 0 Å². The van der Waals surface area contributed by atoms with E-state index in [1.165, 1.54) is 11.3 Å². The molecule has 2 aromatic heterocycles. The predicted octanol–water partition coefficient (Wildman–Crippen LogP) is 4.02. The Labute approximate surface area is 157 Å². The molecule has 0 fully saturated rings. The maximum Gasteiger partial charge on any atom is 0.226 e. The van der Waals surface area contributed by atoms with Crippen molar-refractivity contribution < 1.29 is 9.53 Å². The molecule has 26 heavy (non-hydrogen) atoms. The highest BCUT2D eigenvalue weighted by Gasteiger charge is 2.15. The fourth-order valence-corrected chi connectivity index (χ4v) is 3.46. The summed E-state index contributed by atoms with van der Waals surface area (Å²) in [5, 5.41) is 5.83. The van der Waals surface area contributed by atoms with Gasteiger partial charge in [-0.1, -0.05) is 25.1 Å². The first kappa shape index (κ1) is 18.1. The third-order valence-corrected chi connectivity index (χ3v) is 4.95. The number of carbonyl (C=O) groups excluding carboxylic acids is 1. The van der Waals surface area contributed by atoms with E-state index >= 15 is 0 Å². The zero-order chi connectivity index (χ0) is 18.4. The molecule has 1 unspecified atom stereocenters. The molecule has 1 N–H and O–H groups in total. The quantitative estimate of drug-likeness (QED) is 0.685. The van der Waals surface area contributed by atoms with E-state index in [2.05, 4.69) is 22.2 Å². The molecule has 0 aliphatic heterocycles. The normalized spacial score (nSPS) is 11.8. The third kappa shape index (κ3) is 4.46. The summed E-state index contributed by atoms with van der Waals surface area (Å²) in [7, 11) is 1.64. The maximum absolute atomic E-state index is 12.4. The van der Waals surface area contributed by atoms with E-state index in [9.17, 15) is 4.79 Å². The minimum atomic E-state index is -0.0365. The highest BCUT2D eigenvalue weighted by molar-refractivity contribution is 7.13. The highest BCUT2D eigenvalue weighted by Crippen LogP contribution is 2.23. The molecule has 1 aromatic carbocycles. The first-order chi connectivity index (χ1) is 12.7. The molecule has 2 heterocycles. The number of nitrogens with zero attached hydrogens (tertiary/aromatic N) is 2. The van der Waals surface area contributed by atoms with E-state index in [1.54, 1.807) is 13.3 Å². The minimum Gasteiger partial charge on any atom is -0.497 e. The van der Waals surface area contributed by atoms with Gasteiger partial charge in [-0.2, -0.15) is 0 Å². The molecule has 6 heteroatoms. The number of benzene rings is 1. The first-order valence-electron chi connectivity index (χ1n) is 8.48. The zero-order valence-corrected chi connectivity index (χ0v) is 15.6. The van der Waals surface area contributed by atoms with Crippen LogP contribution in [0.25, 0.3) is 10.7 Å². The van der Waals surface area contributed by atoms with Crippen molar-refractivity contribution in [2.24, 2.45) is 0 Å². The van der Waals surface area contributed by atoms with Crippen LogP contribution in [-0.2, 0) is 11.2 Å². The van der Waals surface area contributed by atoms with Gasteiger partial charge in [-0.15, -0.1) is 11.3 Å². The van der Waals surface area contributed by atoms with Crippen molar-refractivity contribution >= 4 is 17.2 Å². The molecule has 134 valence electrons. The average Bonchev–Trinajstić information content (AvgIpc) is 3.15. The number of hydrogen-bond acceptors (Lipinski definition) is 5. The lowest BCUT2D eigenvalue weighted by atomic mass is 10.0. The Hall–Kier alpha value is -2.73. The van der Waals surface area contributed by atoms with Gasteiger partial charge >= 0.3 is 0 Å². The number of nitrogens with one attached hydrogen (secondary N) is 1. The van der Waals surface area contributed by atoms with E-state index in [1.807, 2.05) is 47.8 Å². The number of thiazole rings is 1. The van der Waals surface area contributed by atoms with Crippen LogP contribution in [0.3, 0.4) is 0 Å². The van der Waals surface area contributed by atoms with Crippen LogP contribution in [0.1, 0.15) is 30.6 Å². The van der Waals surface area contributed by atoms with Crippen LogP contribution in [-0.4, -0.2) is 23.0 Å². The van der Waals surface area contributed by atoms with Crippen molar-refractivity contribution in [3.8, 4) is 16.5 Å². The molecule has 1 atom stereocenters. The van der Waals surface area contributed by atoms with E-state index in [4.69, 9.17) is 4.74 Å². The minimum absolute atomic E-state index is 0.0256. The van der Waals surface area contributed by atoms with Crippen LogP contribution in [0.4, 0.5) is 0 Å². The van der Waals surface area contributed by atoms with Crippen molar-refractivity contribution in [2.75, 3.05) is 7.11 Å². The number of carbonyl (C=O) groups is 1. The topological polar surface area (TPSA) is 64.1 Å². The first-order valence-corrected chi connectivity index (χ1v) is 9.36. The van der Waals surface area contributed by atoms with Gasteiger partial charge in [-0.3, -0.25) is 9.78 Å². The van der Waals surface area contributed by atoms with Crippen molar-refractivity contribution in [1.82, 2.24) is 15.3 Å². The fourth-order valence-electron chi connectivity index (χ4n) is 2.66. The van der Waals surface area contributed by atoms with Crippen LogP contribution in [0, 0.1) is 0 Å². The largest absolute Gasteiger partial charge is 0.497 e. The standard InChI is InChI=1S/C20H21N3O2S/c1-3-17(14-7-9-16(25-2)10-8-14)23-19(24)12-15-13-26-20(22-15)18-6-4-5-11-21-18/h4-11,13,17H,3,12H2,1-2H3,(H,23,24). The number of hydrogen-bond donors (Lipinski definition) is 1. The van der Waals surface area contributed by atoms with Crippen LogP contribution in [0.5, 0.6) is 5.75 Å². The van der Waals surface area contributed by atoms with Gasteiger partial charge in [0.2, 0.25) is 5.91 Å². The number of pyridine rings is 1. The number of aromatic nitrogens is 2. The summed E-state index contributed by atoms with van der Waals surface area (Å²) in [6.45, 7) is 2.05. The second-order valence-corrected chi connectivity index (χ2v) is 6.70. The summed E-state index contributed by atoms with van der Waals surface area (Å²) in [5.74, 6) is 0.769. The molecule has 0 saturated carbocycles. The Balaban J connectivity index is 1.63. The van der Waals surface area contributed by atoms with Crippen LogP contribution in [0.2, 0.25) is 0 Å². The lowest BCUT2D eigenvalue weighted by Gasteiger charge is -2.17. The van der Waals surface area contributed by atoms with Crippen LogP contribution >= 0.6 is 11.3 Å². The van der Waals surface area contributed by atoms with Crippen molar-refractivity contribution in [3.63, 3.8) is 0 Å². The molecule has 0 bridgehead atoms. The fraction of sp³-hybridized carbons (Fsp3) is 0.250. The van der Waals surface area contributed by atoms with Gasteiger partial charge in [0.25, 0.3) is 0 Å². The van der Waals surface area contributed by atoms with Gasteiger partial charge in [0.05, 0.1) is 31.0 Å². The lowest BCUT2D eigenvalue weighted by molar-refractivity contribution is -0.121. The SMILES string of the molecule is CCC(NC(=O)Cc1csc(-c2ccccn2)n1)c1ccc(OC)cc1. The zero-order valence-electron chi connectivity index (χ0n) is 14.8. The molecule has 3 aromatic rings. The molecule has 0 spiro atoms. The van der Waals surface area contributed by atoms with Gasteiger partial charge in [0.15, 0.2) is 0 Å². The Kier molecular flexibility index (Phi) is 5.96. The summed E-state index contributed by atoms with van der Waals surface area (Å²) in [5.41, 5.74) is 2.65. The van der Waals surface area contributed by atoms with Gasteiger partial charge in [-0.25, -0.2) is 4.98 Å². The van der Waals surface area contributed by atoms with Gasteiger partial charge in [0, 0.05) is 11.6 Å². The van der Waals surface area contributed by atoms with Crippen molar-refractivity contribution in [1.29, 1.82) is 0 Å². The predicted molar refractivity (Wildman–Crippen MR) is 103 cm³/mol. The summed E-state index contributed by atoms with van der Waals surface area (Å²) < 4.78 is 5.18. The summed E-state index contributed by atoms with van der Waals surface area (Å²) >= 11 is 1.50. The third-order valence-electron chi connectivity index (χ3n) is 4.04. The molecule has 0 saturated heterocycles. The van der Waals surface area contributed by atoms with E-state index in [0.29, 0.717) is 0 Å². The van der Waals surface area contributed by atoms with Crippen LogP contribution < -0.4 is 10.1 Å². The van der Waals surface area contributed by atoms with E-state index in [-0.39, 0.29) is 18.4 Å². The summed E-state index contributed by atoms with van der Waals surface area (Å²) in [6.07, 6.45) is 2.81. The number of ether oxygens (including phenoxy) is 1. The summed E-state index contributed by atoms with van der Waals surface area (Å²) in [4.78, 5) is 21.3. The van der Waals surface area contributed by atoms with Crippen molar-refractivity contribution in [2.45, 2.75) is 25.8 Å². The second-order valence-electron chi connectivity index (χ2n) is 5.84. The highest BCUT2D eigenvalue weighted by atomic mass is 32.1. The Morgan fingerprint density at radius 2 is 2.04 bits per heavy atom. The van der Waals surface area contributed by atoms with Gasteiger partial charge in [-0.05, 0) is 36.2 Å². The molecular formula is C20H21N3O2S. The number of amides is 1. The Bertz CT molecular complexity index is 847. The molecular weight excluding hydrogens is 346 g/mol. The van der Waals surface area contributed by atoms with Crippen LogP contribution in [0.15, 0.2) is 54.0 Å². The molecule has 0 aliphatic rings. The molecule has 5 nitrogen and oxygen atoms in total. The molecule has 1 amide bonds. The van der Waals surface area contributed by atoms with Gasteiger partial charge in [0.1, 0.15) is 10.8 Å². The lowest BCUT2D eigenvalue weighted by Crippen LogP contribution is -2.29. The Morgan fingerprint density at radius 1 is 1.23 bits per heavy atom. The molecule has 3 rings (SSSR count). The monoisotopic (exact) mass is 367 g/mol. The average molecular weight is 367 g/mol. The number of rotatable bonds is 7. The second kappa shape index (κ2) is 8.58. The number of methoxy groups -OCH3 is 1. The molecule has 0 aliphatic carbocycles. The smallest absolute Gasteiger partial charge is 0.226 e. The van der Waals surface area contributed by atoms with Gasteiger partial charge < -0.3 is 10.1 Å². The van der Waals surface area contributed by atoms with E-state index in [0.717, 1.165) is 34.1 Å².